The first kappa shape index (κ1) is 22.6. The average Bonchev–Trinajstić information content (AvgIpc) is 3.44. The molecule has 1 aromatic heterocycles. The summed E-state index contributed by atoms with van der Waals surface area (Å²) in [5.41, 5.74) is 4.06. The number of aromatic nitrogens is 2. The largest absolute Gasteiger partial charge is 0.479 e. The number of nitrogens with one attached hydrogen (secondary N) is 2. The van der Waals surface area contributed by atoms with Gasteiger partial charge in [0.15, 0.2) is 6.04 Å². The van der Waals surface area contributed by atoms with E-state index in [2.05, 4.69) is 27.9 Å². The molecule has 0 spiro atoms. The predicted molar refractivity (Wildman–Crippen MR) is 126 cm³/mol. The van der Waals surface area contributed by atoms with Crippen LogP contribution in [0.25, 0.3) is 11.1 Å². The van der Waals surface area contributed by atoms with Gasteiger partial charge in [-0.05, 0) is 41.2 Å². The van der Waals surface area contributed by atoms with E-state index in [1.807, 2.05) is 36.4 Å². The zero-order valence-electron chi connectivity index (χ0n) is 19.2. The van der Waals surface area contributed by atoms with Gasteiger partial charge in [-0.25, -0.2) is 9.59 Å². The number of aryl methyl sites for hydroxylation is 1. The molecule has 0 aliphatic heterocycles. The fourth-order valence-electron chi connectivity index (χ4n) is 4.74. The van der Waals surface area contributed by atoms with Gasteiger partial charge >= 0.3 is 12.1 Å². The van der Waals surface area contributed by atoms with Crippen molar-refractivity contribution in [2.24, 2.45) is 12.5 Å². The molecule has 1 saturated carbocycles. The first-order chi connectivity index (χ1) is 16.9. The number of aliphatic carboxylic acids is 1. The van der Waals surface area contributed by atoms with Gasteiger partial charge in [-0.1, -0.05) is 48.5 Å². The Morgan fingerprint density at radius 3 is 2.26 bits per heavy atom. The van der Waals surface area contributed by atoms with E-state index in [-0.39, 0.29) is 19.1 Å². The van der Waals surface area contributed by atoms with Crippen molar-refractivity contribution in [3.8, 4) is 11.1 Å². The molecular weight excluding hydrogens is 448 g/mol. The number of carboxylic acids is 1. The summed E-state index contributed by atoms with van der Waals surface area (Å²) in [5, 5.41) is 18.9. The topological polar surface area (TPSA) is 123 Å². The normalized spacial score (nSPS) is 16.0. The van der Waals surface area contributed by atoms with Crippen LogP contribution in [0.4, 0.5) is 4.79 Å². The highest BCUT2D eigenvalue weighted by molar-refractivity contribution is 5.90. The Hall–Kier alpha value is -4.14. The van der Waals surface area contributed by atoms with Crippen molar-refractivity contribution in [1.29, 1.82) is 0 Å². The summed E-state index contributed by atoms with van der Waals surface area (Å²) in [4.78, 5) is 37.2. The second kappa shape index (κ2) is 8.90. The number of alkyl carbamates (subject to hydrolysis) is 1. The number of hydrogen-bond donors (Lipinski definition) is 3. The summed E-state index contributed by atoms with van der Waals surface area (Å²) in [5.74, 6) is -1.64. The van der Waals surface area contributed by atoms with Crippen LogP contribution >= 0.6 is 0 Å². The number of carboxylic acid groups (broad SMARTS) is 1. The van der Waals surface area contributed by atoms with E-state index < -0.39 is 29.4 Å². The summed E-state index contributed by atoms with van der Waals surface area (Å²) in [6, 6.07) is 16.5. The molecule has 1 heterocycles. The van der Waals surface area contributed by atoms with Crippen LogP contribution in [-0.4, -0.2) is 46.0 Å². The smallest absolute Gasteiger partial charge is 0.407 e. The molecule has 1 unspecified atom stereocenters. The lowest BCUT2D eigenvalue weighted by atomic mass is 9.98. The number of fused-ring (bicyclic) bond motifs is 3. The molecule has 9 nitrogen and oxygen atoms in total. The van der Waals surface area contributed by atoms with E-state index in [1.54, 1.807) is 13.1 Å². The number of amides is 2. The van der Waals surface area contributed by atoms with Gasteiger partial charge in [0.05, 0.1) is 11.1 Å². The standard InChI is InChI=1S/C26H26N4O5/c1-30-21(10-13-28-30)22(23(31)32)29-24(33)26(11-12-26)15-27-25(34)35-14-20-18-8-4-2-6-16(18)17-7-3-5-9-19(17)20/h2-10,13,20,22H,11-12,14-15H2,1H3,(H,27,34)(H,29,33)(H,31,32). The van der Waals surface area contributed by atoms with Gasteiger partial charge in [0.1, 0.15) is 6.61 Å². The lowest BCUT2D eigenvalue weighted by Gasteiger charge is -2.20. The van der Waals surface area contributed by atoms with Crippen LogP contribution in [0.2, 0.25) is 0 Å². The molecule has 0 bridgehead atoms. The molecule has 2 aliphatic rings. The van der Waals surface area contributed by atoms with Gasteiger partial charge in [0.2, 0.25) is 5.91 Å². The highest BCUT2D eigenvalue weighted by Gasteiger charge is 2.51. The number of rotatable bonds is 8. The first-order valence-corrected chi connectivity index (χ1v) is 11.5. The maximum absolute atomic E-state index is 12.9. The predicted octanol–water partition coefficient (Wildman–Crippen LogP) is 2.98. The number of carbonyl (C=O) groups excluding carboxylic acids is 2. The van der Waals surface area contributed by atoms with E-state index in [0.717, 1.165) is 22.3 Å². The minimum Gasteiger partial charge on any atom is -0.479 e. The minimum atomic E-state index is -1.22. The third-order valence-corrected chi connectivity index (χ3v) is 6.93. The molecule has 9 heteroatoms. The summed E-state index contributed by atoms with van der Waals surface area (Å²) in [7, 11) is 1.61. The maximum atomic E-state index is 12.9. The molecule has 35 heavy (non-hydrogen) atoms. The Bertz CT molecular complexity index is 1250. The molecular formula is C26H26N4O5. The van der Waals surface area contributed by atoms with E-state index in [9.17, 15) is 19.5 Å². The highest BCUT2D eigenvalue weighted by atomic mass is 16.5. The van der Waals surface area contributed by atoms with Crippen LogP contribution in [0.15, 0.2) is 60.8 Å². The van der Waals surface area contributed by atoms with Crippen molar-refractivity contribution >= 4 is 18.0 Å². The van der Waals surface area contributed by atoms with Gasteiger partial charge < -0.3 is 20.5 Å². The molecule has 180 valence electrons. The second-order valence-corrected chi connectivity index (χ2v) is 9.08. The van der Waals surface area contributed by atoms with Gasteiger partial charge in [0.25, 0.3) is 0 Å². The Morgan fingerprint density at radius 2 is 1.71 bits per heavy atom. The van der Waals surface area contributed by atoms with Crippen molar-refractivity contribution in [3.63, 3.8) is 0 Å². The lowest BCUT2D eigenvalue weighted by molar-refractivity contribution is -0.143. The van der Waals surface area contributed by atoms with Gasteiger partial charge in [0, 0.05) is 25.7 Å². The number of benzene rings is 2. The van der Waals surface area contributed by atoms with Crippen LogP contribution < -0.4 is 10.6 Å². The van der Waals surface area contributed by atoms with E-state index in [4.69, 9.17) is 4.74 Å². The number of carbonyl (C=O) groups is 3. The van der Waals surface area contributed by atoms with E-state index >= 15 is 0 Å². The maximum Gasteiger partial charge on any atom is 0.407 e. The van der Waals surface area contributed by atoms with Crippen molar-refractivity contribution in [3.05, 3.63) is 77.6 Å². The third-order valence-electron chi connectivity index (χ3n) is 6.93. The molecule has 1 atom stereocenters. The Morgan fingerprint density at radius 1 is 1.09 bits per heavy atom. The summed E-state index contributed by atoms with van der Waals surface area (Å²) >= 11 is 0. The Labute approximate surface area is 202 Å². The van der Waals surface area contributed by atoms with Gasteiger partial charge in [-0.3, -0.25) is 9.48 Å². The Kier molecular flexibility index (Phi) is 5.76. The van der Waals surface area contributed by atoms with Crippen molar-refractivity contribution in [1.82, 2.24) is 20.4 Å². The second-order valence-electron chi connectivity index (χ2n) is 9.08. The number of nitrogens with zero attached hydrogens (tertiary/aromatic N) is 2. The average molecular weight is 475 g/mol. The molecule has 1 fully saturated rings. The van der Waals surface area contributed by atoms with Crippen LogP contribution in [0.3, 0.4) is 0 Å². The molecule has 2 aliphatic carbocycles. The zero-order valence-corrected chi connectivity index (χ0v) is 19.2. The summed E-state index contributed by atoms with van der Waals surface area (Å²) in [6.45, 7) is 0.258. The van der Waals surface area contributed by atoms with E-state index in [1.165, 1.54) is 10.9 Å². The third kappa shape index (κ3) is 4.25. The van der Waals surface area contributed by atoms with Gasteiger partial charge in [-0.15, -0.1) is 0 Å². The molecule has 2 aromatic carbocycles. The van der Waals surface area contributed by atoms with Crippen molar-refractivity contribution in [2.75, 3.05) is 13.2 Å². The summed E-state index contributed by atoms with van der Waals surface area (Å²) < 4.78 is 6.96. The molecule has 3 aromatic rings. The SMILES string of the molecule is Cn1nccc1C(NC(=O)C1(CNC(=O)OCC2c3ccccc3-c3ccccc32)CC1)C(=O)O. The first-order valence-electron chi connectivity index (χ1n) is 11.5. The summed E-state index contributed by atoms with van der Waals surface area (Å²) in [6.07, 6.45) is 1.98. The fourth-order valence-corrected chi connectivity index (χ4v) is 4.74. The molecule has 0 radical (unpaired) electrons. The minimum absolute atomic E-state index is 0.0541. The fraction of sp³-hybridized carbons (Fsp3) is 0.308. The Balaban J connectivity index is 1.18. The monoisotopic (exact) mass is 474 g/mol. The highest BCUT2D eigenvalue weighted by Crippen LogP contribution is 2.46. The van der Waals surface area contributed by atoms with Crippen LogP contribution in [-0.2, 0) is 21.4 Å². The van der Waals surface area contributed by atoms with Crippen LogP contribution in [0, 0.1) is 5.41 Å². The van der Waals surface area contributed by atoms with E-state index in [0.29, 0.717) is 18.5 Å². The number of hydrogen-bond acceptors (Lipinski definition) is 5. The van der Waals surface area contributed by atoms with Crippen molar-refractivity contribution < 1.29 is 24.2 Å². The number of ether oxygens (including phenoxy) is 1. The zero-order chi connectivity index (χ0) is 24.6. The van der Waals surface area contributed by atoms with Gasteiger partial charge in [-0.2, -0.15) is 5.10 Å². The molecule has 2 amide bonds. The van der Waals surface area contributed by atoms with Crippen LogP contribution in [0.1, 0.15) is 41.6 Å². The van der Waals surface area contributed by atoms with Crippen LogP contribution in [0.5, 0.6) is 0 Å². The molecule has 5 rings (SSSR count). The molecule has 0 saturated heterocycles. The quantitative estimate of drug-likeness (QED) is 0.461. The lowest BCUT2D eigenvalue weighted by Crippen LogP contribution is -2.44. The molecule has 3 N–H and O–H groups in total. The van der Waals surface area contributed by atoms with Crippen molar-refractivity contribution in [2.45, 2.75) is 24.8 Å².